The summed E-state index contributed by atoms with van der Waals surface area (Å²) in [4.78, 5) is 18.9. The summed E-state index contributed by atoms with van der Waals surface area (Å²) in [6.45, 7) is 1.29. The highest BCUT2D eigenvalue weighted by Crippen LogP contribution is 2.33. The highest BCUT2D eigenvalue weighted by atomic mass is 16.3. The molecule has 0 radical (unpaired) electrons. The van der Waals surface area contributed by atoms with Crippen LogP contribution >= 0.6 is 0 Å². The molecular formula is C20H19N3O2. The molecule has 0 saturated heterocycles. The van der Waals surface area contributed by atoms with Crippen LogP contribution in [0.15, 0.2) is 65.5 Å². The number of rotatable bonds is 4. The second-order valence-corrected chi connectivity index (χ2v) is 6.08. The first-order valence-corrected chi connectivity index (χ1v) is 8.42. The Morgan fingerprint density at radius 2 is 2.12 bits per heavy atom. The van der Waals surface area contributed by atoms with E-state index in [1.807, 2.05) is 24.4 Å². The summed E-state index contributed by atoms with van der Waals surface area (Å²) >= 11 is 0. The molecule has 0 spiro atoms. The number of benzene rings is 1. The third kappa shape index (κ3) is 3.26. The predicted octanol–water partition coefficient (Wildman–Crippen LogP) is 3.69. The number of para-hydroxylation sites is 1. The van der Waals surface area contributed by atoms with Crippen LogP contribution in [-0.2, 0) is 13.0 Å². The fourth-order valence-electron chi connectivity index (χ4n) is 3.18. The minimum Gasteiger partial charge on any atom is -0.467 e. The standard InChI is InChI=1S/C20H19N3O2/c24-20(22-14-18-7-4-10-25-18)16-11-17(13-21-12-16)23-9-3-6-15-5-1-2-8-19(15)23/h1-2,4-5,7-8,10-13H,3,6,9,14H2,(H,22,24). The van der Waals surface area contributed by atoms with Gasteiger partial charge in [-0.15, -0.1) is 0 Å². The summed E-state index contributed by atoms with van der Waals surface area (Å²) in [5.41, 5.74) is 4.02. The Kier molecular flexibility index (Phi) is 4.21. The lowest BCUT2D eigenvalue weighted by molar-refractivity contribution is 0.0947. The topological polar surface area (TPSA) is 58.4 Å². The van der Waals surface area contributed by atoms with Crippen molar-refractivity contribution < 1.29 is 9.21 Å². The molecule has 5 heteroatoms. The maximum atomic E-state index is 12.4. The number of aryl methyl sites for hydroxylation is 1. The van der Waals surface area contributed by atoms with E-state index in [4.69, 9.17) is 4.42 Å². The van der Waals surface area contributed by atoms with Crippen LogP contribution < -0.4 is 10.2 Å². The first-order valence-electron chi connectivity index (χ1n) is 8.42. The van der Waals surface area contributed by atoms with E-state index in [9.17, 15) is 4.79 Å². The van der Waals surface area contributed by atoms with Crippen molar-refractivity contribution in [1.29, 1.82) is 0 Å². The average Bonchev–Trinajstić information content (AvgIpc) is 3.19. The summed E-state index contributed by atoms with van der Waals surface area (Å²) in [5.74, 6) is 0.568. The quantitative estimate of drug-likeness (QED) is 0.791. The van der Waals surface area contributed by atoms with Crippen molar-refractivity contribution in [1.82, 2.24) is 10.3 Å². The van der Waals surface area contributed by atoms with E-state index >= 15 is 0 Å². The van der Waals surface area contributed by atoms with Crippen LogP contribution in [0.2, 0.25) is 0 Å². The van der Waals surface area contributed by atoms with Crippen LogP contribution in [-0.4, -0.2) is 17.4 Å². The Morgan fingerprint density at radius 1 is 1.20 bits per heavy atom. The van der Waals surface area contributed by atoms with Crippen molar-refractivity contribution in [2.24, 2.45) is 0 Å². The van der Waals surface area contributed by atoms with Crippen molar-refractivity contribution in [2.45, 2.75) is 19.4 Å². The van der Waals surface area contributed by atoms with Gasteiger partial charge in [0.25, 0.3) is 5.91 Å². The molecule has 0 atom stereocenters. The van der Waals surface area contributed by atoms with Crippen LogP contribution in [0.1, 0.15) is 28.1 Å². The van der Waals surface area contributed by atoms with Crippen LogP contribution in [0.25, 0.3) is 0 Å². The molecule has 1 amide bonds. The molecule has 2 aromatic heterocycles. The minimum atomic E-state index is -0.156. The molecule has 0 bridgehead atoms. The Bertz CT molecular complexity index is 874. The van der Waals surface area contributed by atoms with E-state index in [2.05, 4.69) is 33.4 Å². The molecule has 0 unspecified atom stereocenters. The first kappa shape index (κ1) is 15.4. The molecule has 126 valence electrons. The Balaban J connectivity index is 1.55. The van der Waals surface area contributed by atoms with Crippen LogP contribution in [0, 0.1) is 0 Å². The van der Waals surface area contributed by atoms with Gasteiger partial charge in [-0.2, -0.15) is 0 Å². The van der Waals surface area contributed by atoms with E-state index in [0.29, 0.717) is 12.1 Å². The molecule has 1 N–H and O–H groups in total. The van der Waals surface area contributed by atoms with Gasteiger partial charge < -0.3 is 14.6 Å². The fraction of sp³-hybridized carbons (Fsp3) is 0.200. The third-order valence-electron chi connectivity index (χ3n) is 4.41. The zero-order valence-corrected chi connectivity index (χ0v) is 13.8. The minimum absolute atomic E-state index is 0.156. The summed E-state index contributed by atoms with van der Waals surface area (Å²) in [6, 6.07) is 13.9. The highest BCUT2D eigenvalue weighted by molar-refractivity contribution is 5.95. The number of carbonyl (C=O) groups is 1. The molecule has 3 aromatic rings. The van der Waals surface area contributed by atoms with E-state index in [1.54, 1.807) is 18.5 Å². The van der Waals surface area contributed by atoms with E-state index in [-0.39, 0.29) is 5.91 Å². The van der Waals surface area contributed by atoms with Gasteiger partial charge in [-0.3, -0.25) is 9.78 Å². The number of anilines is 2. The Labute approximate surface area is 146 Å². The zero-order valence-electron chi connectivity index (χ0n) is 13.8. The van der Waals surface area contributed by atoms with E-state index in [1.165, 1.54) is 11.3 Å². The molecule has 3 heterocycles. The van der Waals surface area contributed by atoms with Gasteiger partial charge in [0, 0.05) is 18.4 Å². The van der Waals surface area contributed by atoms with Crippen LogP contribution in [0.5, 0.6) is 0 Å². The largest absolute Gasteiger partial charge is 0.467 e. The van der Waals surface area contributed by atoms with Crippen molar-refractivity contribution in [3.63, 3.8) is 0 Å². The lowest BCUT2D eigenvalue weighted by atomic mass is 10.0. The van der Waals surface area contributed by atoms with Crippen molar-refractivity contribution in [2.75, 3.05) is 11.4 Å². The number of nitrogens with one attached hydrogen (secondary N) is 1. The molecule has 1 aliphatic rings. The van der Waals surface area contributed by atoms with E-state index in [0.717, 1.165) is 30.8 Å². The Hall–Kier alpha value is -3.08. The fourth-order valence-corrected chi connectivity index (χ4v) is 3.18. The molecule has 1 aromatic carbocycles. The molecule has 0 fully saturated rings. The van der Waals surface area contributed by atoms with Crippen molar-refractivity contribution in [3.8, 4) is 0 Å². The number of nitrogens with zero attached hydrogens (tertiary/aromatic N) is 2. The lowest BCUT2D eigenvalue weighted by Gasteiger charge is -2.31. The number of aromatic nitrogens is 1. The smallest absolute Gasteiger partial charge is 0.253 e. The summed E-state index contributed by atoms with van der Waals surface area (Å²) in [7, 11) is 0. The number of hydrogen-bond donors (Lipinski definition) is 1. The van der Waals surface area contributed by atoms with E-state index < -0.39 is 0 Å². The monoisotopic (exact) mass is 333 g/mol. The van der Waals surface area contributed by atoms with Gasteiger partial charge in [0.2, 0.25) is 0 Å². The van der Waals surface area contributed by atoms with Gasteiger partial charge in [-0.1, -0.05) is 18.2 Å². The number of pyridine rings is 1. The van der Waals surface area contributed by atoms with Gasteiger partial charge in [-0.05, 0) is 42.7 Å². The molecule has 25 heavy (non-hydrogen) atoms. The second-order valence-electron chi connectivity index (χ2n) is 6.08. The van der Waals surface area contributed by atoms with Crippen LogP contribution in [0.3, 0.4) is 0 Å². The average molecular weight is 333 g/mol. The third-order valence-corrected chi connectivity index (χ3v) is 4.41. The lowest BCUT2D eigenvalue weighted by Crippen LogP contribution is -2.26. The van der Waals surface area contributed by atoms with Gasteiger partial charge in [0.05, 0.1) is 30.3 Å². The summed E-state index contributed by atoms with van der Waals surface area (Å²) in [5, 5.41) is 2.86. The normalized spacial score (nSPS) is 13.4. The summed E-state index contributed by atoms with van der Waals surface area (Å²) in [6.07, 6.45) is 7.18. The first-order chi connectivity index (χ1) is 12.3. The van der Waals surface area contributed by atoms with Gasteiger partial charge in [0.15, 0.2) is 0 Å². The maximum absolute atomic E-state index is 12.4. The zero-order chi connectivity index (χ0) is 17.1. The predicted molar refractivity (Wildman–Crippen MR) is 95.9 cm³/mol. The van der Waals surface area contributed by atoms with Crippen LogP contribution in [0.4, 0.5) is 11.4 Å². The van der Waals surface area contributed by atoms with Crippen molar-refractivity contribution >= 4 is 17.3 Å². The van der Waals surface area contributed by atoms with Gasteiger partial charge in [0.1, 0.15) is 5.76 Å². The number of fused-ring (bicyclic) bond motifs is 1. The molecule has 0 aliphatic carbocycles. The maximum Gasteiger partial charge on any atom is 0.253 e. The number of carbonyl (C=O) groups excluding carboxylic acids is 1. The molecule has 1 aliphatic heterocycles. The Morgan fingerprint density at radius 3 is 3.00 bits per heavy atom. The van der Waals surface area contributed by atoms with Gasteiger partial charge >= 0.3 is 0 Å². The summed E-state index contributed by atoms with van der Waals surface area (Å²) < 4.78 is 5.24. The number of amides is 1. The SMILES string of the molecule is O=C(NCc1ccco1)c1cncc(N2CCCc3ccccc32)c1. The molecule has 5 nitrogen and oxygen atoms in total. The molecule has 4 rings (SSSR count). The number of hydrogen-bond acceptors (Lipinski definition) is 4. The van der Waals surface area contributed by atoms with Crippen molar-refractivity contribution in [3.05, 3.63) is 78.0 Å². The molecular weight excluding hydrogens is 314 g/mol. The second kappa shape index (κ2) is 6.81. The molecule has 0 saturated carbocycles. The van der Waals surface area contributed by atoms with Gasteiger partial charge in [-0.25, -0.2) is 0 Å². The highest BCUT2D eigenvalue weighted by Gasteiger charge is 2.19. The number of furan rings is 1.